The highest BCUT2D eigenvalue weighted by Gasteiger charge is 2.32. The Kier molecular flexibility index (Phi) is 4.59. The Morgan fingerprint density at radius 2 is 2.00 bits per heavy atom. The van der Waals surface area contributed by atoms with Crippen LogP contribution in [0.25, 0.3) is 0 Å². The highest BCUT2D eigenvalue weighted by molar-refractivity contribution is 7.59. The van der Waals surface area contributed by atoms with Gasteiger partial charge in [0.15, 0.2) is 0 Å². The minimum Gasteiger partial charge on any atom is -0.508 e. The molecule has 0 fully saturated rings. The first kappa shape index (κ1) is 13.3. The first-order valence-corrected chi connectivity index (χ1v) is 7.24. The second kappa shape index (κ2) is 5.53. The molecule has 88 valence electrons. The van der Waals surface area contributed by atoms with Crippen molar-refractivity contribution in [3.05, 3.63) is 29.8 Å². The van der Waals surface area contributed by atoms with Gasteiger partial charge in [-0.1, -0.05) is 18.2 Å². The van der Waals surface area contributed by atoms with E-state index in [1.807, 2.05) is 0 Å². The van der Waals surface area contributed by atoms with Gasteiger partial charge in [-0.05, 0) is 22.4 Å². The van der Waals surface area contributed by atoms with Crippen LogP contribution in [0, 0.1) is 0 Å². The molecule has 0 aromatic heterocycles. The lowest BCUT2D eigenvalue weighted by Gasteiger charge is -2.05. The van der Waals surface area contributed by atoms with E-state index in [1.54, 1.807) is 18.2 Å². The van der Waals surface area contributed by atoms with Gasteiger partial charge in [-0.3, -0.25) is 4.57 Å². The Bertz CT molecular complexity index is 432. The van der Waals surface area contributed by atoms with E-state index in [1.165, 1.54) is 6.07 Å². The fourth-order valence-corrected chi connectivity index (χ4v) is 2.86. The molecular weight excluding hydrogens is 254 g/mol. The van der Waals surface area contributed by atoms with Crippen LogP contribution in [-0.4, -0.2) is 21.1 Å². The van der Waals surface area contributed by atoms with E-state index < -0.39 is 15.9 Å². The Morgan fingerprint density at radius 3 is 2.56 bits per heavy atom. The molecule has 8 heteroatoms. The first-order valence-electron chi connectivity index (χ1n) is 4.35. The van der Waals surface area contributed by atoms with Crippen molar-refractivity contribution in [2.45, 2.75) is 6.42 Å². The summed E-state index contributed by atoms with van der Waals surface area (Å²) in [6.07, 6.45) is -0.240. The molecule has 1 rings (SSSR count). The van der Waals surface area contributed by atoms with Crippen molar-refractivity contribution < 1.29 is 28.3 Å². The number of benzene rings is 1. The minimum atomic E-state index is -4.08. The van der Waals surface area contributed by atoms with Crippen LogP contribution in [0.15, 0.2) is 24.3 Å². The molecule has 0 saturated carbocycles. The average Bonchev–Trinajstić information content (AvgIpc) is 2.14. The zero-order valence-corrected chi connectivity index (χ0v) is 9.97. The number of aromatic hydroxyl groups is 1. The van der Waals surface area contributed by atoms with Gasteiger partial charge in [-0.25, -0.2) is 0 Å². The number of hydrogen-bond donors (Lipinski definition) is 3. The van der Waals surface area contributed by atoms with E-state index in [9.17, 15) is 14.2 Å². The summed E-state index contributed by atoms with van der Waals surface area (Å²) >= 11 is 0. The predicted molar refractivity (Wildman–Crippen MR) is 57.4 cm³/mol. The van der Waals surface area contributed by atoms with Crippen LogP contribution in [0.5, 0.6) is 5.75 Å². The quantitative estimate of drug-likeness (QED) is 0.701. The molecule has 2 atom stereocenters. The van der Waals surface area contributed by atoms with E-state index in [0.717, 1.165) is 0 Å². The smallest absolute Gasteiger partial charge is 0.508 e. The van der Waals surface area contributed by atoms with Crippen molar-refractivity contribution in [2.24, 2.45) is 0 Å². The third kappa shape index (κ3) is 4.39. The van der Waals surface area contributed by atoms with Gasteiger partial charge in [0.25, 0.3) is 0 Å². The average molecular weight is 265 g/mol. The topological polar surface area (TPSA) is 104 Å². The summed E-state index contributed by atoms with van der Waals surface area (Å²) in [5.74, 6) is 0.0101. The zero-order chi connectivity index (χ0) is 12.2. The maximum absolute atomic E-state index is 11.2. The van der Waals surface area contributed by atoms with Crippen LogP contribution in [0.3, 0.4) is 0 Å². The van der Waals surface area contributed by atoms with Crippen molar-refractivity contribution in [3.8, 4) is 5.75 Å². The summed E-state index contributed by atoms with van der Waals surface area (Å²) in [6, 6.07) is 6.34. The molecule has 16 heavy (non-hydrogen) atoms. The summed E-state index contributed by atoms with van der Waals surface area (Å²) < 4.78 is 25.4. The molecular formula is C8H11O6P2+. The van der Waals surface area contributed by atoms with Crippen LogP contribution in [0.2, 0.25) is 0 Å². The Balaban J connectivity index is 2.61. The summed E-state index contributed by atoms with van der Waals surface area (Å²) in [7, 11) is -7.18. The molecule has 0 radical (unpaired) electrons. The zero-order valence-electron chi connectivity index (χ0n) is 8.18. The van der Waals surface area contributed by atoms with Crippen LogP contribution in [0.1, 0.15) is 5.56 Å². The highest BCUT2D eigenvalue weighted by Crippen LogP contribution is 2.50. The van der Waals surface area contributed by atoms with Gasteiger partial charge in [0, 0.05) is 4.57 Å². The fraction of sp³-hybridized carbons (Fsp3) is 0.250. The van der Waals surface area contributed by atoms with E-state index in [4.69, 9.17) is 9.79 Å². The van der Waals surface area contributed by atoms with Crippen LogP contribution in [-0.2, 0) is 19.9 Å². The van der Waals surface area contributed by atoms with Crippen LogP contribution >= 0.6 is 15.9 Å². The largest absolute Gasteiger partial charge is 0.703 e. The van der Waals surface area contributed by atoms with E-state index in [2.05, 4.69) is 4.31 Å². The van der Waals surface area contributed by atoms with E-state index in [-0.39, 0.29) is 18.3 Å². The predicted octanol–water partition coefficient (Wildman–Crippen LogP) is 1.79. The van der Waals surface area contributed by atoms with E-state index >= 15 is 0 Å². The molecule has 1 aromatic rings. The number of hydrogen-bond acceptors (Lipinski definition) is 4. The monoisotopic (exact) mass is 265 g/mol. The third-order valence-electron chi connectivity index (χ3n) is 1.85. The van der Waals surface area contributed by atoms with Gasteiger partial charge in [0.1, 0.15) is 5.75 Å². The summed E-state index contributed by atoms with van der Waals surface area (Å²) in [5.41, 5.74) is 0.480. The Hall–Kier alpha value is -0.770. The first-order chi connectivity index (χ1) is 7.41. The molecule has 0 spiro atoms. The van der Waals surface area contributed by atoms with Crippen molar-refractivity contribution in [2.75, 3.05) is 6.16 Å². The summed E-state index contributed by atoms with van der Waals surface area (Å²) in [4.78, 5) is 17.5. The SMILES string of the molecule is O=[P+](O)OP(=O)(O)CCc1ccccc1O. The molecule has 0 saturated heterocycles. The lowest BCUT2D eigenvalue weighted by molar-refractivity contribution is 0.350. The highest BCUT2D eigenvalue weighted by atomic mass is 31.2. The molecule has 0 bridgehead atoms. The Labute approximate surface area is 93.0 Å². The summed E-state index contributed by atoms with van der Waals surface area (Å²) in [6.45, 7) is 0. The summed E-state index contributed by atoms with van der Waals surface area (Å²) in [5, 5.41) is 9.37. The molecule has 1 aromatic carbocycles. The van der Waals surface area contributed by atoms with Gasteiger partial charge in [0.05, 0.1) is 6.16 Å². The van der Waals surface area contributed by atoms with E-state index in [0.29, 0.717) is 5.56 Å². The van der Waals surface area contributed by atoms with Crippen molar-refractivity contribution in [3.63, 3.8) is 0 Å². The molecule has 0 aliphatic heterocycles. The second-order valence-corrected chi connectivity index (χ2v) is 5.91. The van der Waals surface area contributed by atoms with Gasteiger partial charge in [-0.15, -0.1) is 4.89 Å². The Morgan fingerprint density at radius 1 is 1.38 bits per heavy atom. The lowest BCUT2D eigenvalue weighted by Crippen LogP contribution is -1.95. The molecule has 2 unspecified atom stereocenters. The van der Waals surface area contributed by atoms with Crippen molar-refractivity contribution in [1.82, 2.24) is 0 Å². The maximum atomic E-state index is 11.2. The number of rotatable bonds is 5. The van der Waals surface area contributed by atoms with Crippen LogP contribution in [0.4, 0.5) is 0 Å². The molecule has 0 aliphatic rings. The standard InChI is InChI=1S/C8H10O6P2/c9-8-4-2-1-3-7(8)5-6-16(12,13)14-15(10)11/h1-4H,5-6H2,(H2-,9,10,11,12,13)/p+1. The number of phenolic OH excluding ortho intramolecular Hbond substituents is 1. The van der Waals surface area contributed by atoms with Gasteiger partial charge < -0.3 is 10.00 Å². The fourth-order valence-electron chi connectivity index (χ4n) is 1.13. The number of phenols is 1. The van der Waals surface area contributed by atoms with Gasteiger partial charge in [0.2, 0.25) is 0 Å². The molecule has 0 heterocycles. The number of para-hydroxylation sites is 1. The van der Waals surface area contributed by atoms with Gasteiger partial charge in [-0.2, -0.15) is 0 Å². The normalized spacial score (nSPS) is 15.5. The minimum absolute atomic E-state index is 0.0101. The third-order valence-corrected chi connectivity index (χ3v) is 4.22. The number of aryl methyl sites for hydroxylation is 1. The van der Waals surface area contributed by atoms with Crippen molar-refractivity contribution in [1.29, 1.82) is 0 Å². The molecule has 0 amide bonds. The van der Waals surface area contributed by atoms with Gasteiger partial charge >= 0.3 is 15.9 Å². The second-order valence-electron chi connectivity index (χ2n) is 3.06. The lowest BCUT2D eigenvalue weighted by atomic mass is 10.1. The molecule has 3 N–H and O–H groups in total. The molecule has 0 aliphatic carbocycles. The van der Waals surface area contributed by atoms with Crippen molar-refractivity contribution >= 4 is 15.9 Å². The molecule has 6 nitrogen and oxygen atoms in total. The maximum Gasteiger partial charge on any atom is 0.703 e. The van der Waals surface area contributed by atoms with Crippen LogP contribution < -0.4 is 0 Å².